The predicted molar refractivity (Wildman–Crippen MR) is 107 cm³/mol. The minimum atomic E-state index is -0.310. The lowest BCUT2D eigenvalue weighted by molar-refractivity contribution is -0.120. The van der Waals surface area contributed by atoms with Crippen molar-refractivity contribution in [1.29, 1.82) is 0 Å². The van der Waals surface area contributed by atoms with Gasteiger partial charge >= 0.3 is 0 Å². The molecule has 1 N–H and O–H groups in total. The first-order chi connectivity index (χ1) is 13.1. The number of carbonyl (C=O) groups is 1. The number of aromatic nitrogens is 1. The quantitative estimate of drug-likeness (QED) is 0.554. The van der Waals surface area contributed by atoms with Crippen molar-refractivity contribution in [3.05, 3.63) is 76.8 Å². The zero-order valence-electron chi connectivity index (χ0n) is 14.5. The standard InChI is InChI=1S/C20H18F2N2OS2/c21-16-6-3-5-14(10-16)20-24-17(13-27-20)11-19(25)23-8-9-26-12-15-4-1-2-7-18(15)22/h1-7,10,13H,8-9,11-12H2,(H,23,25). The molecule has 0 bridgehead atoms. The van der Waals surface area contributed by atoms with Crippen LogP contribution >= 0.6 is 23.1 Å². The number of halogens is 2. The van der Waals surface area contributed by atoms with Crippen LogP contribution in [-0.4, -0.2) is 23.2 Å². The number of benzene rings is 2. The van der Waals surface area contributed by atoms with Crippen molar-refractivity contribution in [2.24, 2.45) is 0 Å². The van der Waals surface area contributed by atoms with Crippen LogP contribution in [0.15, 0.2) is 53.9 Å². The van der Waals surface area contributed by atoms with Crippen LogP contribution in [0.3, 0.4) is 0 Å². The van der Waals surface area contributed by atoms with Crippen molar-refractivity contribution in [3.63, 3.8) is 0 Å². The molecule has 1 amide bonds. The van der Waals surface area contributed by atoms with Crippen LogP contribution in [0.4, 0.5) is 8.78 Å². The second kappa shape index (κ2) is 9.62. The van der Waals surface area contributed by atoms with Crippen LogP contribution in [0.5, 0.6) is 0 Å². The minimum absolute atomic E-state index is 0.113. The maximum Gasteiger partial charge on any atom is 0.226 e. The Morgan fingerprint density at radius 1 is 1.15 bits per heavy atom. The van der Waals surface area contributed by atoms with Gasteiger partial charge in [-0.25, -0.2) is 13.8 Å². The number of carbonyl (C=O) groups excluding carboxylic acids is 1. The van der Waals surface area contributed by atoms with E-state index in [1.165, 1.54) is 29.5 Å². The van der Waals surface area contributed by atoms with E-state index in [0.29, 0.717) is 39.9 Å². The lowest BCUT2D eigenvalue weighted by Crippen LogP contribution is -2.27. The number of thioether (sulfide) groups is 1. The third-order valence-electron chi connectivity index (χ3n) is 3.75. The van der Waals surface area contributed by atoms with E-state index in [1.54, 1.807) is 36.0 Å². The van der Waals surface area contributed by atoms with Crippen LogP contribution < -0.4 is 5.32 Å². The Hall–Kier alpha value is -2.25. The third kappa shape index (κ3) is 5.87. The van der Waals surface area contributed by atoms with E-state index >= 15 is 0 Å². The molecular formula is C20H18F2N2OS2. The van der Waals surface area contributed by atoms with Gasteiger partial charge in [-0.05, 0) is 23.8 Å². The van der Waals surface area contributed by atoms with Crippen molar-refractivity contribution in [2.45, 2.75) is 12.2 Å². The smallest absolute Gasteiger partial charge is 0.226 e. The van der Waals surface area contributed by atoms with Gasteiger partial charge in [0.05, 0.1) is 12.1 Å². The van der Waals surface area contributed by atoms with Gasteiger partial charge in [0.1, 0.15) is 16.6 Å². The summed E-state index contributed by atoms with van der Waals surface area (Å²) in [4.78, 5) is 16.4. The van der Waals surface area contributed by atoms with Gasteiger partial charge in [-0.1, -0.05) is 30.3 Å². The van der Waals surface area contributed by atoms with E-state index in [9.17, 15) is 13.6 Å². The van der Waals surface area contributed by atoms with Crippen molar-refractivity contribution in [3.8, 4) is 10.6 Å². The summed E-state index contributed by atoms with van der Waals surface area (Å²) in [7, 11) is 0. The second-order valence-electron chi connectivity index (χ2n) is 5.83. The molecule has 0 saturated carbocycles. The molecule has 3 aromatic rings. The topological polar surface area (TPSA) is 42.0 Å². The number of thiazole rings is 1. The summed E-state index contributed by atoms with van der Waals surface area (Å²) in [5.41, 5.74) is 2.04. The lowest BCUT2D eigenvalue weighted by atomic mass is 10.2. The third-order valence-corrected chi connectivity index (χ3v) is 5.70. The molecule has 7 heteroatoms. The van der Waals surface area contributed by atoms with Gasteiger partial charge in [0.25, 0.3) is 0 Å². The fourth-order valence-corrected chi connectivity index (χ4v) is 4.09. The van der Waals surface area contributed by atoms with Crippen LogP contribution in [0.1, 0.15) is 11.3 Å². The molecule has 140 valence electrons. The van der Waals surface area contributed by atoms with E-state index in [1.807, 2.05) is 11.4 Å². The summed E-state index contributed by atoms with van der Waals surface area (Å²) in [5, 5.41) is 5.35. The fraction of sp³-hybridized carbons (Fsp3) is 0.200. The summed E-state index contributed by atoms with van der Waals surface area (Å²) < 4.78 is 26.8. The van der Waals surface area contributed by atoms with Crippen LogP contribution in [0.25, 0.3) is 10.6 Å². The fourth-order valence-electron chi connectivity index (χ4n) is 2.43. The highest BCUT2D eigenvalue weighted by molar-refractivity contribution is 7.98. The molecule has 1 heterocycles. The normalized spacial score (nSPS) is 10.7. The van der Waals surface area contributed by atoms with Gasteiger partial charge in [0.15, 0.2) is 0 Å². The Morgan fingerprint density at radius 3 is 2.81 bits per heavy atom. The van der Waals surface area contributed by atoms with Gasteiger partial charge in [-0.15, -0.1) is 11.3 Å². The Morgan fingerprint density at radius 2 is 2.00 bits per heavy atom. The number of hydrogen-bond acceptors (Lipinski definition) is 4. The van der Waals surface area contributed by atoms with Crippen LogP contribution in [0, 0.1) is 11.6 Å². The molecular weight excluding hydrogens is 386 g/mol. The maximum absolute atomic E-state index is 13.5. The summed E-state index contributed by atoms with van der Waals surface area (Å²) in [6, 6.07) is 12.9. The largest absolute Gasteiger partial charge is 0.355 e. The first-order valence-electron chi connectivity index (χ1n) is 8.40. The Bertz CT molecular complexity index is 914. The Kier molecular flexibility index (Phi) is 6.95. The van der Waals surface area contributed by atoms with Gasteiger partial charge in [0.2, 0.25) is 5.91 Å². The summed E-state index contributed by atoms with van der Waals surface area (Å²) in [5.74, 6) is 0.649. The van der Waals surface area contributed by atoms with Crippen LogP contribution in [-0.2, 0) is 17.0 Å². The number of amides is 1. The van der Waals surface area contributed by atoms with Gasteiger partial charge in [-0.3, -0.25) is 4.79 Å². The van der Waals surface area contributed by atoms with E-state index in [-0.39, 0.29) is 24.0 Å². The number of rotatable bonds is 8. The van der Waals surface area contributed by atoms with E-state index in [4.69, 9.17) is 0 Å². The van der Waals surface area contributed by atoms with Crippen molar-refractivity contribution >= 4 is 29.0 Å². The molecule has 0 spiro atoms. The molecule has 0 aliphatic heterocycles. The minimum Gasteiger partial charge on any atom is -0.355 e. The second-order valence-corrected chi connectivity index (χ2v) is 7.79. The van der Waals surface area contributed by atoms with E-state index in [2.05, 4.69) is 10.3 Å². The maximum atomic E-state index is 13.5. The van der Waals surface area contributed by atoms with E-state index < -0.39 is 0 Å². The van der Waals surface area contributed by atoms with Crippen molar-refractivity contribution < 1.29 is 13.6 Å². The molecule has 0 radical (unpaired) electrons. The molecule has 0 unspecified atom stereocenters. The molecule has 2 aromatic carbocycles. The Labute approximate surface area is 164 Å². The number of hydrogen-bond donors (Lipinski definition) is 1. The van der Waals surface area contributed by atoms with Gasteiger partial charge in [0, 0.05) is 29.0 Å². The molecule has 1 aromatic heterocycles. The van der Waals surface area contributed by atoms with E-state index in [0.717, 1.165) is 0 Å². The SMILES string of the molecule is O=C(Cc1csc(-c2cccc(F)c2)n1)NCCSCc1ccccc1F. The van der Waals surface area contributed by atoms with Crippen molar-refractivity contribution in [2.75, 3.05) is 12.3 Å². The molecule has 0 saturated heterocycles. The number of nitrogens with one attached hydrogen (secondary N) is 1. The zero-order chi connectivity index (χ0) is 19.1. The molecule has 3 rings (SSSR count). The average Bonchev–Trinajstić information content (AvgIpc) is 3.11. The monoisotopic (exact) mass is 404 g/mol. The molecule has 3 nitrogen and oxygen atoms in total. The zero-order valence-corrected chi connectivity index (χ0v) is 16.1. The molecule has 0 atom stereocenters. The van der Waals surface area contributed by atoms with Gasteiger partial charge in [-0.2, -0.15) is 11.8 Å². The Balaban J connectivity index is 1.40. The molecule has 0 aliphatic rings. The highest BCUT2D eigenvalue weighted by atomic mass is 32.2. The summed E-state index contributed by atoms with van der Waals surface area (Å²) in [6.45, 7) is 0.513. The number of nitrogens with zero attached hydrogens (tertiary/aromatic N) is 1. The first-order valence-corrected chi connectivity index (χ1v) is 10.4. The van der Waals surface area contributed by atoms with Gasteiger partial charge < -0.3 is 5.32 Å². The molecule has 27 heavy (non-hydrogen) atoms. The molecule has 0 aliphatic carbocycles. The summed E-state index contributed by atoms with van der Waals surface area (Å²) >= 11 is 2.95. The highest BCUT2D eigenvalue weighted by Crippen LogP contribution is 2.24. The average molecular weight is 405 g/mol. The highest BCUT2D eigenvalue weighted by Gasteiger charge is 2.09. The van der Waals surface area contributed by atoms with Crippen molar-refractivity contribution in [1.82, 2.24) is 10.3 Å². The summed E-state index contributed by atoms with van der Waals surface area (Å²) in [6.07, 6.45) is 0.184. The first kappa shape index (κ1) is 19.5. The lowest BCUT2D eigenvalue weighted by Gasteiger charge is -2.05. The predicted octanol–water partition coefficient (Wildman–Crippen LogP) is 4.68. The van der Waals surface area contributed by atoms with Crippen LogP contribution in [0.2, 0.25) is 0 Å². The molecule has 0 fully saturated rings.